The van der Waals surface area contributed by atoms with Crippen molar-refractivity contribution in [2.24, 2.45) is 5.92 Å². The van der Waals surface area contributed by atoms with E-state index in [-0.39, 0.29) is 0 Å². The fourth-order valence-corrected chi connectivity index (χ4v) is 3.48. The molecule has 0 spiro atoms. The minimum atomic E-state index is 0.613. The molecule has 2 aromatic heterocycles. The molecule has 22 heavy (non-hydrogen) atoms. The highest BCUT2D eigenvalue weighted by Crippen LogP contribution is 2.25. The Morgan fingerprint density at radius 2 is 2.14 bits per heavy atom. The number of hydrogen-bond donors (Lipinski definition) is 1. The van der Waals surface area contributed by atoms with Crippen LogP contribution in [0.25, 0.3) is 0 Å². The maximum Gasteiger partial charge on any atom is 0.234 e. The number of ether oxygens (including phenoxy) is 1. The van der Waals surface area contributed by atoms with Crippen LogP contribution in [0.4, 0.5) is 5.82 Å². The summed E-state index contributed by atoms with van der Waals surface area (Å²) in [5.41, 5.74) is 0. The van der Waals surface area contributed by atoms with E-state index in [1.807, 2.05) is 6.20 Å². The van der Waals surface area contributed by atoms with E-state index in [1.54, 1.807) is 23.7 Å². The Balaban J connectivity index is 1.45. The Labute approximate surface area is 135 Å². The van der Waals surface area contributed by atoms with E-state index in [0.29, 0.717) is 11.8 Å². The third kappa shape index (κ3) is 4.40. The summed E-state index contributed by atoms with van der Waals surface area (Å²) >= 11 is 1.74. The van der Waals surface area contributed by atoms with Gasteiger partial charge in [-0.1, -0.05) is 12.8 Å². The second kappa shape index (κ2) is 7.54. The van der Waals surface area contributed by atoms with Crippen LogP contribution in [0.1, 0.15) is 35.6 Å². The van der Waals surface area contributed by atoms with Gasteiger partial charge in [0.05, 0.1) is 24.0 Å². The van der Waals surface area contributed by atoms with Crippen LogP contribution in [0.3, 0.4) is 0 Å². The van der Waals surface area contributed by atoms with E-state index < -0.39 is 0 Å². The molecule has 0 aliphatic heterocycles. The molecule has 1 aliphatic carbocycles. The molecule has 1 saturated carbocycles. The number of aromatic nitrogens is 3. The van der Waals surface area contributed by atoms with E-state index in [4.69, 9.17) is 4.74 Å². The van der Waals surface area contributed by atoms with Gasteiger partial charge >= 0.3 is 0 Å². The van der Waals surface area contributed by atoms with Gasteiger partial charge in [-0.2, -0.15) is 4.98 Å². The van der Waals surface area contributed by atoms with Crippen LogP contribution in [0, 0.1) is 12.8 Å². The lowest BCUT2D eigenvalue weighted by atomic mass is 10.1. The van der Waals surface area contributed by atoms with E-state index in [1.165, 1.54) is 30.6 Å². The largest absolute Gasteiger partial charge is 0.476 e. The van der Waals surface area contributed by atoms with Gasteiger partial charge in [-0.25, -0.2) is 4.98 Å². The molecular formula is C16H22N4OS. The van der Waals surface area contributed by atoms with Gasteiger partial charge in [0.15, 0.2) is 0 Å². The van der Waals surface area contributed by atoms with Crippen molar-refractivity contribution >= 4 is 17.2 Å². The molecule has 3 rings (SSSR count). The lowest BCUT2D eigenvalue weighted by Crippen LogP contribution is -2.11. The Kier molecular flexibility index (Phi) is 5.21. The van der Waals surface area contributed by atoms with Gasteiger partial charge in [-0.15, -0.1) is 11.3 Å². The monoisotopic (exact) mass is 318 g/mol. The van der Waals surface area contributed by atoms with E-state index in [0.717, 1.165) is 30.4 Å². The van der Waals surface area contributed by atoms with Crippen LogP contribution >= 0.6 is 11.3 Å². The number of nitrogens with zero attached hydrogens (tertiary/aromatic N) is 3. The third-order valence-electron chi connectivity index (χ3n) is 3.87. The predicted octanol–water partition coefficient (Wildman–Crippen LogP) is 3.47. The van der Waals surface area contributed by atoms with Crippen LogP contribution in [-0.2, 0) is 6.42 Å². The van der Waals surface area contributed by atoms with Gasteiger partial charge in [0, 0.05) is 24.0 Å². The Morgan fingerprint density at radius 1 is 1.27 bits per heavy atom. The second-order valence-electron chi connectivity index (χ2n) is 5.75. The smallest absolute Gasteiger partial charge is 0.234 e. The van der Waals surface area contributed by atoms with Crippen molar-refractivity contribution in [1.82, 2.24) is 15.0 Å². The van der Waals surface area contributed by atoms with Crippen LogP contribution in [-0.4, -0.2) is 28.1 Å². The summed E-state index contributed by atoms with van der Waals surface area (Å²) in [7, 11) is 0. The number of nitrogens with one attached hydrogen (secondary N) is 1. The summed E-state index contributed by atoms with van der Waals surface area (Å²) < 4.78 is 5.77. The van der Waals surface area contributed by atoms with Crippen molar-refractivity contribution < 1.29 is 4.74 Å². The SMILES string of the molecule is Cc1cnc(CCNc2cncc(OCC3CCCC3)n2)s1. The molecular weight excluding hydrogens is 296 g/mol. The molecule has 0 atom stereocenters. The summed E-state index contributed by atoms with van der Waals surface area (Å²) in [4.78, 5) is 14.3. The number of aryl methyl sites for hydroxylation is 1. The number of hydrogen-bond acceptors (Lipinski definition) is 6. The van der Waals surface area contributed by atoms with Crippen molar-refractivity contribution in [1.29, 1.82) is 0 Å². The molecule has 1 fully saturated rings. The zero-order valence-electron chi connectivity index (χ0n) is 12.9. The summed E-state index contributed by atoms with van der Waals surface area (Å²) in [6.07, 6.45) is 11.4. The highest BCUT2D eigenvalue weighted by atomic mass is 32.1. The molecule has 2 heterocycles. The molecule has 0 bridgehead atoms. The first kappa shape index (κ1) is 15.2. The number of rotatable bonds is 7. The molecule has 2 aromatic rings. The van der Waals surface area contributed by atoms with Crippen LogP contribution in [0.5, 0.6) is 5.88 Å². The number of anilines is 1. The lowest BCUT2D eigenvalue weighted by molar-refractivity contribution is 0.243. The topological polar surface area (TPSA) is 59.9 Å². The van der Waals surface area contributed by atoms with E-state index in [9.17, 15) is 0 Å². The van der Waals surface area contributed by atoms with Crippen molar-refractivity contribution in [3.05, 3.63) is 28.5 Å². The summed E-state index contributed by atoms with van der Waals surface area (Å²) in [6, 6.07) is 0. The van der Waals surface area contributed by atoms with Gasteiger partial charge in [0.1, 0.15) is 5.82 Å². The maximum atomic E-state index is 5.77. The zero-order valence-corrected chi connectivity index (χ0v) is 13.7. The Hall–Kier alpha value is -1.69. The van der Waals surface area contributed by atoms with Gasteiger partial charge in [0.25, 0.3) is 0 Å². The molecule has 0 unspecified atom stereocenters. The van der Waals surface area contributed by atoms with E-state index in [2.05, 4.69) is 27.2 Å². The second-order valence-corrected chi connectivity index (χ2v) is 7.06. The van der Waals surface area contributed by atoms with Crippen LogP contribution < -0.4 is 10.1 Å². The minimum Gasteiger partial charge on any atom is -0.476 e. The molecule has 0 radical (unpaired) electrons. The van der Waals surface area contributed by atoms with E-state index >= 15 is 0 Å². The quantitative estimate of drug-likeness (QED) is 0.847. The summed E-state index contributed by atoms with van der Waals surface area (Å²) in [6.45, 7) is 3.63. The Morgan fingerprint density at radius 3 is 2.91 bits per heavy atom. The van der Waals surface area contributed by atoms with Gasteiger partial charge < -0.3 is 10.1 Å². The molecule has 5 nitrogen and oxygen atoms in total. The standard InChI is InChI=1S/C16H22N4OS/c1-12-8-19-16(22-12)6-7-18-14-9-17-10-15(20-14)21-11-13-4-2-3-5-13/h8-10,13H,2-7,11H2,1H3,(H,18,20). The highest BCUT2D eigenvalue weighted by molar-refractivity contribution is 7.11. The lowest BCUT2D eigenvalue weighted by Gasteiger charge is -2.11. The molecule has 1 aliphatic rings. The minimum absolute atomic E-state index is 0.613. The first-order chi connectivity index (χ1) is 10.8. The maximum absolute atomic E-state index is 5.77. The van der Waals surface area contributed by atoms with Crippen molar-refractivity contribution in [3.63, 3.8) is 0 Å². The Bertz CT molecular complexity index is 595. The average Bonchev–Trinajstić information content (AvgIpc) is 3.17. The first-order valence-corrected chi connectivity index (χ1v) is 8.71. The predicted molar refractivity (Wildman–Crippen MR) is 88.5 cm³/mol. The van der Waals surface area contributed by atoms with Gasteiger partial charge in [-0.05, 0) is 25.7 Å². The average molecular weight is 318 g/mol. The van der Waals surface area contributed by atoms with Gasteiger partial charge in [-0.3, -0.25) is 4.98 Å². The molecule has 0 aromatic carbocycles. The third-order valence-corrected chi connectivity index (χ3v) is 4.84. The number of thiazole rings is 1. The van der Waals surface area contributed by atoms with Crippen LogP contribution in [0.2, 0.25) is 0 Å². The fourth-order valence-electron chi connectivity index (χ4n) is 2.70. The zero-order chi connectivity index (χ0) is 15.2. The fraction of sp³-hybridized carbons (Fsp3) is 0.562. The van der Waals surface area contributed by atoms with Crippen molar-refractivity contribution in [2.75, 3.05) is 18.5 Å². The molecule has 118 valence electrons. The molecule has 1 N–H and O–H groups in total. The van der Waals surface area contributed by atoms with Crippen LogP contribution in [0.15, 0.2) is 18.6 Å². The summed E-state index contributed by atoms with van der Waals surface area (Å²) in [5.74, 6) is 2.06. The molecule has 6 heteroatoms. The van der Waals surface area contributed by atoms with Crippen molar-refractivity contribution in [2.45, 2.75) is 39.0 Å². The normalized spacial score (nSPS) is 15.1. The molecule has 0 saturated heterocycles. The van der Waals surface area contributed by atoms with Gasteiger partial charge in [0.2, 0.25) is 5.88 Å². The van der Waals surface area contributed by atoms with Crippen molar-refractivity contribution in [3.8, 4) is 5.88 Å². The first-order valence-electron chi connectivity index (χ1n) is 7.89. The summed E-state index contributed by atoms with van der Waals surface area (Å²) in [5, 5.41) is 4.43. The highest BCUT2D eigenvalue weighted by Gasteiger charge is 2.15. The molecule has 0 amide bonds.